The van der Waals surface area contributed by atoms with E-state index in [0.29, 0.717) is 34.7 Å². The zero-order valence-corrected chi connectivity index (χ0v) is 21.7. The van der Waals surface area contributed by atoms with Gasteiger partial charge in [-0.3, -0.25) is 4.90 Å². The summed E-state index contributed by atoms with van der Waals surface area (Å²) in [5.74, 6) is 0.279. The van der Waals surface area contributed by atoms with Crippen molar-refractivity contribution < 1.29 is 19.0 Å². The molecular formula is C28H27ClFN5O3. The number of aryl methyl sites for hydroxylation is 1. The number of ether oxygens (including phenoxy) is 1. The summed E-state index contributed by atoms with van der Waals surface area (Å²) in [6, 6.07) is 14.0. The molecule has 2 aliphatic rings. The Balaban J connectivity index is 1.13. The molecule has 1 saturated heterocycles. The summed E-state index contributed by atoms with van der Waals surface area (Å²) in [7, 11) is 1.87. The van der Waals surface area contributed by atoms with Gasteiger partial charge in [0, 0.05) is 55.1 Å². The Labute approximate surface area is 224 Å². The van der Waals surface area contributed by atoms with Crippen LogP contribution in [0.2, 0.25) is 5.02 Å². The molecule has 196 valence electrons. The number of rotatable bonds is 5. The minimum Gasteiger partial charge on any atom is -0.485 e. The predicted octanol–water partition coefficient (Wildman–Crippen LogP) is 4.85. The van der Waals surface area contributed by atoms with E-state index in [0.717, 1.165) is 44.2 Å². The average molecular weight is 536 g/mol. The first kappa shape index (κ1) is 24.6. The van der Waals surface area contributed by atoms with Gasteiger partial charge in [-0.25, -0.2) is 19.2 Å². The fourth-order valence-electron chi connectivity index (χ4n) is 5.40. The van der Waals surface area contributed by atoms with E-state index in [1.54, 1.807) is 18.2 Å². The molecule has 4 heterocycles. The molecule has 0 aliphatic carbocycles. The van der Waals surface area contributed by atoms with Crippen molar-refractivity contribution in [2.24, 2.45) is 7.05 Å². The van der Waals surface area contributed by atoms with Gasteiger partial charge < -0.3 is 19.3 Å². The number of aromatic nitrogens is 3. The van der Waals surface area contributed by atoms with Crippen LogP contribution in [0.25, 0.3) is 11.2 Å². The Morgan fingerprint density at radius 1 is 1.13 bits per heavy atom. The lowest BCUT2D eigenvalue weighted by Gasteiger charge is -2.38. The number of benzene rings is 2. The highest BCUT2D eigenvalue weighted by Crippen LogP contribution is 2.40. The van der Waals surface area contributed by atoms with E-state index in [9.17, 15) is 14.3 Å². The normalized spacial score (nSPS) is 17.9. The number of nitrogens with zero attached hydrogens (tertiary/aromatic N) is 5. The quantitative estimate of drug-likeness (QED) is 0.391. The third-order valence-corrected chi connectivity index (χ3v) is 7.68. The molecule has 0 radical (unpaired) electrons. The average Bonchev–Trinajstić information content (AvgIpc) is 3.22. The molecule has 1 atom stereocenters. The van der Waals surface area contributed by atoms with Crippen LogP contribution in [0.4, 0.5) is 10.1 Å². The second-order valence-electron chi connectivity index (χ2n) is 9.76. The Bertz CT molecular complexity index is 1530. The zero-order valence-electron chi connectivity index (χ0n) is 20.9. The van der Waals surface area contributed by atoms with Gasteiger partial charge in [0.15, 0.2) is 11.3 Å². The largest absolute Gasteiger partial charge is 0.485 e. The molecule has 0 amide bonds. The van der Waals surface area contributed by atoms with Crippen molar-refractivity contribution in [3.8, 4) is 5.75 Å². The summed E-state index contributed by atoms with van der Waals surface area (Å²) in [6.45, 7) is 4.10. The molecule has 2 aliphatic heterocycles. The van der Waals surface area contributed by atoms with E-state index in [1.807, 2.05) is 23.7 Å². The lowest BCUT2D eigenvalue weighted by Crippen LogP contribution is -2.46. The van der Waals surface area contributed by atoms with Crippen LogP contribution in [0.5, 0.6) is 5.75 Å². The van der Waals surface area contributed by atoms with Crippen molar-refractivity contribution in [3.05, 3.63) is 82.0 Å². The molecule has 0 saturated carbocycles. The Morgan fingerprint density at radius 2 is 1.95 bits per heavy atom. The van der Waals surface area contributed by atoms with E-state index < -0.39 is 5.97 Å². The van der Waals surface area contributed by atoms with Crippen LogP contribution in [-0.4, -0.2) is 56.7 Å². The van der Waals surface area contributed by atoms with Crippen LogP contribution in [0.15, 0.2) is 48.5 Å². The van der Waals surface area contributed by atoms with Crippen molar-refractivity contribution in [2.75, 3.05) is 31.1 Å². The minimum absolute atomic E-state index is 0.0143. The number of aromatic carboxylic acids is 1. The van der Waals surface area contributed by atoms with Crippen LogP contribution in [-0.2, 0) is 20.0 Å². The number of carboxylic acid groups (broad SMARTS) is 1. The highest BCUT2D eigenvalue weighted by atomic mass is 35.5. The molecular weight excluding hydrogens is 509 g/mol. The molecule has 0 bridgehead atoms. The Kier molecular flexibility index (Phi) is 6.41. The topological polar surface area (TPSA) is 83.7 Å². The first-order valence-electron chi connectivity index (χ1n) is 12.6. The molecule has 0 spiro atoms. The van der Waals surface area contributed by atoms with Gasteiger partial charge in [0.05, 0.1) is 6.54 Å². The summed E-state index contributed by atoms with van der Waals surface area (Å²) >= 11 is 5.92. The molecule has 6 rings (SSSR count). The summed E-state index contributed by atoms with van der Waals surface area (Å²) in [5.41, 5.74) is 4.16. The SMILES string of the molecule is Cn1c(CN2CCN(c3cccc4c3CCC(c3ccc(Cl)cc3F)O4)CC2)nc2ccc(C(=O)O)nc21. The third-order valence-electron chi connectivity index (χ3n) is 7.45. The number of carboxylic acids is 1. The van der Waals surface area contributed by atoms with E-state index in [-0.39, 0.29) is 17.6 Å². The highest BCUT2D eigenvalue weighted by Gasteiger charge is 2.28. The first-order chi connectivity index (χ1) is 18.4. The summed E-state index contributed by atoms with van der Waals surface area (Å²) in [6.07, 6.45) is 1.18. The monoisotopic (exact) mass is 535 g/mol. The summed E-state index contributed by atoms with van der Waals surface area (Å²) in [5, 5.41) is 9.63. The van der Waals surface area contributed by atoms with Gasteiger partial charge in [-0.15, -0.1) is 0 Å². The van der Waals surface area contributed by atoms with Crippen molar-refractivity contribution in [2.45, 2.75) is 25.5 Å². The van der Waals surface area contributed by atoms with E-state index >= 15 is 0 Å². The number of piperazine rings is 1. The standard InChI is InChI=1S/C28H27ClFN5O3/c1-33-26(31-21-8-9-22(28(36)37)32-27(21)33)16-34-11-13-35(14-12-34)23-3-2-4-24-19(23)7-10-25(38-24)18-6-5-17(29)15-20(18)30/h2-6,8-9,15,25H,7,10-14,16H2,1H3,(H,36,37). The molecule has 1 unspecified atom stereocenters. The summed E-state index contributed by atoms with van der Waals surface area (Å²) < 4.78 is 22.6. The van der Waals surface area contributed by atoms with E-state index in [2.05, 4.69) is 25.8 Å². The maximum atomic E-state index is 14.5. The highest BCUT2D eigenvalue weighted by molar-refractivity contribution is 6.30. The van der Waals surface area contributed by atoms with Gasteiger partial charge in [-0.2, -0.15) is 0 Å². The van der Waals surface area contributed by atoms with Crippen molar-refractivity contribution in [1.29, 1.82) is 0 Å². The number of pyridine rings is 1. The number of imidazole rings is 1. The zero-order chi connectivity index (χ0) is 26.4. The third kappa shape index (κ3) is 4.56. The molecule has 1 fully saturated rings. The molecule has 4 aromatic rings. The van der Waals surface area contributed by atoms with Crippen molar-refractivity contribution in [1.82, 2.24) is 19.4 Å². The lowest BCUT2D eigenvalue weighted by atomic mass is 9.95. The number of halogens is 2. The number of hydrogen-bond acceptors (Lipinski definition) is 6. The van der Waals surface area contributed by atoms with Crippen LogP contribution in [0.1, 0.15) is 40.0 Å². The summed E-state index contributed by atoms with van der Waals surface area (Å²) in [4.78, 5) is 25.0. The van der Waals surface area contributed by atoms with Gasteiger partial charge in [0.25, 0.3) is 0 Å². The fourth-order valence-corrected chi connectivity index (χ4v) is 5.56. The number of fused-ring (bicyclic) bond motifs is 2. The molecule has 2 aromatic carbocycles. The maximum Gasteiger partial charge on any atom is 0.354 e. The van der Waals surface area contributed by atoms with Crippen molar-refractivity contribution in [3.63, 3.8) is 0 Å². The molecule has 38 heavy (non-hydrogen) atoms. The lowest BCUT2D eigenvalue weighted by molar-refractivity contribution is 0.0691. The number of carbonyl (C=O) groups is 1. The van der Waals surface area contributed by atoms with E-state index in [4.69, 9.17) is 16.3 Å². The maximum absolute atomic E-state index is 14.5. The number of hydrogen-bond donors (Lipinski definition) is 1. The Morgan fingerprint density at radius 3 is 2.71 bits per heavy atom. The number of anilines is 1. The minimum atomic E-state index is -1.05. The van der Waals surface area contributed by atoms with Crippen molar-refractivity contribution >= 4 is 34.4 Å². The first-order valence-corrected chi connectivity index (χ1v) is 13.0. The second-order valence-corrected chi connectivity index (χ2v) is 10.2. The van der Waals surface area contributed by atoms with Gasteiger partial charge in [-0.05, 0) is 49.2 Å². The van der Waals surface area contributed by atoms with Gasteiger partial charge >= 0.3 is 5.97 Å². The fraction of sp³-hybridized carbons (Fsp3) is 0.321. The predicted molar refractivity (Wildman–Crippen MR) is 143 cm³/mol. The second kappa shape index (κ2) is 9.89. The molecule has 10 heteroatoms. The van der Waals surface area contributed by atoms with Gasteiger partial charge in [0.1, 0.15) is 29.0 Å². The Hall–Kier alpha value is -3.69. The molecule has 2 aromatic heterocycles. The molecule has 1 N–H and O–H groups in total. The molecule has 8 nitrogen and oxygen atoms in total. The smallest absolute Gasteiger partial charge is 0.354 e. The van der Waals surface area contributed by atoms with Crippen LogP contribution < -0.4 is 9.64 Å². The van der Waals surface area contributed by atoms with Crippen LogP contribution in [0, 0.1) is 5.82 Å². The van der Waals surface area contributed by atoms with E-state index in [1.165, 1.54) is 23.4 Å². The van der Waals surface area contributed by atoms with Gasteiger partial charge in [-0.1, -0.05) is 23.7 Å². The van der Waals surface area contributed by atoms with Gasteiger partial charge in [0.2, 0.25) is 0 Å². The van der Waals surface area contributed by atoms with Crippen LogP contribution in [0.3, 0.4) is 0 Å². The van der Waals surface area contributed by atoms with Crippen LogP contribution >= 0.6 is 11.6 Å².